The molecule has 1 aliphatic rings. The van der Waals surface area contributed by atoms with Crippen LogP contribution in [0.3, 0.4) is 0 Å². The van der Waals surface area contributed by atoms with Crippen molar-refractivity contribution in [1.29, 1.82) is 0 Å². The normalized spacial score (nSPS) is 21.2. The molecule has 8 heteroatoms. The summed E-state index contributed by atoms with van der Waals surface area (Å²) in [4.78, 5) is 24.4. The predicted octanol–water partition coefficient (Wildman–Crippen LogP) is -0.0743. The van der Waals surface area contributed by atoms with Crippen LogP contribution < -0.4 is 5.32 Å². The maximum absolute atomic E-state index is 11.8. The number of rotatable bonds is 5. The number of nitrogens with zero attached hydrogens (tertiary/aromatic N) is 1. The van der Waals surface area contributed by atoms with Crippen LogP contribution in [0.1, 0.15) is 19.8 Å². The van der Waals surface area contributed by atoms with Gasteiger partial charge in [0, 0.05) is 19.3 Å². The van der Waals surface area contributed by atoms with Gasteiger partial charge in [-0.1, -0.05) is 6.92 Å². The Morgan fingerprint density at radius 3 is 2.53 bits per heavy atom. The number of hydrogen-bond donors (Lipinski definition) is 2. The molecule has 0 aromatic heterocycles. The minimum atomic E-state index is -3.24. The zero-order valence-corrected chi connectivity index (χ0v) is 11.9. The smallest absolute Gasteiger partial charge is 0.326 e. The van der Waals surface area contributed by atoms with E-state index in [0.29, 0.717) is 19.0 Å². The quantitative estimate of drug-likeness (QED) is 0.738. The minimum Gasteiger partial charge on any atom is -0.480 e. The Labute approximate surface area is 112 Å². The molecule has 19 heavy (non-hydrogen) atoms. The highest BCUT2D eigenvalue weighted by Gasteiger charge is 2.27. The van der Waals surface area contributed by atoms with Gasteiger partial charge in [-0.25, -0.2) is 18.0 Å². The first-order chi connectivity index (χ1) is 8.69. The van der Waals surface area contributed by atoms with Crippen LogP contribution in [0, 0.1) is 5.92 Å². The Morgan fingerprint density at radius 1 is 1.47 bits per heavy atom. The third kappa shape index (κ3) is 5.46. The molecule has 0 saturated carbocycles. The van der Waals surface area contributed by atoms with Crippen LogP contribution >= 0.6 is 0 Å². The van der Waals surface area contributed by atoms with Gasteiger partial charge < -0.3 is 15.3 Å². The van der Waals surface area contributed by atoms with E-state index in [1.54, 1.807) is 4.90 Å². The summed E-state index contributed by atoms with van der Waals surface area (Å²) in [5.41, 5.74) is 0. The monoisotopic (exact) mass is 292 g/mol. The van der Waals surface area contributed by atoms with Gasteiger partial charge in [-0.15, -0.1) is 0 Å². The lowest BCUT2D eigenvalue weighted by molar-refractivity contribution is -0.139. The Hall–Kier alpha value is -1.31. The number of hydrogen-bond acceptors (Lipinski definition) is 4. The average molecular weight is 292 g/mol. The summed E-state index contributed by atoms with van der Waals surface area (Å²) in [6.07, 6.45) is 1.81. The SMILES string of the molecule is CC1CCN(C(=O)NC(CCS(C)(=O)=O)C(=O)O)C1. The van der Waals surface area contributed by atoms with Crippen molar-refractivity contribution < 1.29 is 23.1 Å². The zero-order valence-electron chi connectivity index (χ0n) is 11.1. The van der Waals surface area contributed by atoms with Gasteiger partial charge >= 0.3 is 12.0 Å². The molecule has 2 unspecified atom stereocenters. The minimum absolute atomic E-state index is 0.122. The number of sulfone groups is 1. The third-order valence-corrected chi connectivity index (χ3v) is 4.06. The van der Waals surface area contributed by atoms with E-state index in [1.807, 2.05) is 6.92 Å². The molecule has 1 rings (SSSR count). The van der Waals surface area contributed by atoms with Crippen LogP contribution in [0.15, 0.2) is 0 Å². The topological polar surface area (TPSA) is 104 Å². The number of aliphatic carboxylic acids is 1. The lowest BCUT2D eigenvalue weighted by Crippen LogP contribution is -2.47. The fraction of sp³-hybridized carbons (Fsp3) is 0.818. The summed E-state index contributed by atoms with van der Waals surface area (Å²) in [5.74, 6) is -1.07. The molecule has 0 aromatic carbocycles. The largest absolute Gasteiger partial charge is 0.480 e. The fourth-order valence-corrected chi connectivity index (χ4v) is 2.61. The molecule has 1 fully saturated rings. The van der Waals surface area contributed by atoms with E-state index in [2.05, 4.69) is 5.32 Å². The molecule has 7 nitrogen and oxygen atoms in total. The lowest BCUT2D eigenvalue weighted by Gasteiger charge is -2.20. The molecule has 2 amide bonds. The molecule has 0 radical (unpaired) electrons. The molecular formula is C11H20N2O5S. The van der Waals surface area contributed by atoms with E-state index < -0.39 is 27.9 Å². The van der Waals surface area contributed by atoms with Gasteiger partial charge in [0.25, 0.3) is 0 Å². The maximum atomic E-state index is 11.8. The van der Waals surface area contributed by atoms with Crippen LogP contribution in [0.4, 0.5) is 4.79 Å². The molecule has 0 spiro atoms. The molecule has 2 N–H and O–H groups in total. The number of carboxylic acids is 1. The number of nitrogens with one attached hydrogen (secondary N) is 1. The summed E-state index contributed by atoms with van der Waals surface area (Å²) in [6, 6.07) is -1.61. The first-order valence-electron chi connectivity index (χ1n) is 6.15. The predicted molar refractivity (Wildman–Crippen MR) is 69.6 cm³/mol. The average Bonchev–Trinajstić information content (AvgIpc) is 2.69. The van der Waals surface area contributed by atoms with Gasteiger partial charge in [0.05, 0.1) is 5.75 Å². The highest BCUT2D eigenvalue weighted by Crippen LogP contribution is 2.15. The van der Waals surface area contributed by atoms with E-state index in [9.17, 15) is 18.0 Å². The molecule has 1 aliphatic heterocycles. The molecule has 0 aromatic rings. The summed E-state index contributed by atoms with van der Waals surface area (Å²) >= 11 is 0. The van der Waals surface area contributed by atoms with E-state index in [4.69, 9.17) is 5.11 Å². The second-order valence-corrected chi connectivity index (χ2v) is 7.36. The number of urea groups is 1. The van der Waals surface area contributed by atoms with Gasteiger partial charge in [-0.05, 0) is 18.8 Å². The fourth-order valence-electron chi connectivity index (χ4n) is 1.95. The van der Waals surface area contributed by atoms with Gasteiger partial charge in [0.2, 0.25) is 0 Å². The van der Waals surface area contributed by atoms with Crippen molar-refractivity contribution in [2.45, 2.75) is 25.8 Å². The van der Waals surface area contributed by atoms with Crippen molar-refractivity contribution in [2.24, 2.45) is 5.92 Å². The van der Waals surface area contributed by atoms with Crippen molar-refractivity contribution in [3.8, 4) is 0 Å². The highest BCUT2D eigenvalue weighted by molar-refractivity contribution is 7.90. The summed E-state index contributed by atoms with van der Waals surface area (Å²) in [5, 5.41) is 11.4. The summed E-state index contributed by atoms with van der Waals surface area (Å²) < 4.78 is 22.1. The number of amides is 2. The molecule has 0 bridgehead atoms. The Balaban J connectivity index is 2.54. The van der Waals surface area contributed by atoms with E-state index in [0.717, 1.165) is 12.7 Å². The van der Waals surface area contributed by atoms with Crippen molar-refractivity contribution in [1.82, 2.24) is 10.2 Å². The van der Waals surface area contributed by atoms with Crippen molar-refractivity contribution in [3.63, 3.8) is 0 Å². The van der Waals surface area contributed by atoms with Gasteiger partial charge in [-0.3, -0.25) is 0 Å². The van der Waals surface area contributed by atoms with E-state index in [-0.39, 0.29) is 12.2 Å². The van der Waals surface area contributed by atoms with Crippen LogP contribution in [0.25, 0.3) is 0 Å². The molecule has 0 aliphatic carbocycles. The molecule has 1 saturated heterocycles. The van der Waals surface area contributed by atoms with Crippen LogP contribution in [0.2, 0.25) is 0 Å². The number of carbonyl (C=O) groups excluding carboxylic acids is 1. The van der Waals surface area contributed by atoms with Gasteiger partial charge in [-0.2, -0.15) is 0 Å². The second-order valence-electron chi connectivity index (χ2n) is 5.10. The van der Waals surface area contributed by atoms with Gasteiger partial charge in [0.15, 0.2) is 0 Å². The first-order valence-corrected chi connectivity index (χ1v) is 8.21. The van der Waals surface area contributed by atoms with E-state index in [1.165, 1.54) is 0 Å². The summed E-state index contributed by atoms with van der Waals surface area (Å²) in [6.45, 7) is 3.22. The zero-order chi connectivity index (χ0) is 14.6. The maximum Gasteiger partial charge on any atom is 0.326 e. The first kappa shape index (κ1) is 15.7. The van der Waals surface area contributed by atoms with Crippen molar-refractivity contribution in [2.75, 3.05) is 25.1 Å². The van der Waals surface area contributed by atoms with Crippen LogP contribution in [0.5, 0.6) is 0 Å². The summed E-state index contributed by atoms with van der Waals surface area (Å²) in [7, 11) is -3.24. The van der Waals surface area contributed by atoms with Gasteiger partial charge in [0.1, 0.15) is 15.9 Å². The molecule has 2 atom stereocenters. The lowest BCUT2D eigenvalue weighted by atomic mass is 10.2. The standard InChI is InChI=1S/C11H20N2O5S/c1-8-3-5-13(7-8)11(16)12-9(10(14)15)4-6-19(2,17)18/h8-9H,3-7H2,1-2H3,(H,12,16)(H,14,15). The number of carbonyl (C=O) groups is 2. The Bertz CT molecular complexity index is 448. The van der Waals surface area contributed by atoms with Crippen molar-refractivity contribution in [3.05, 3.63) is 0 Å². The second kappa shape index (κ2) is 6.23. The Kier molecular flexibility index (Phi) is 5.16. The number of likely N-dealkylation sites (tertiary alicyclic amines) is 1. The van der Waals surface area contributed by atoms with Crippen LogP contribution in [-0.4, -0.2) is 61.6 Å². The Morgan fingerprint density at radius 2 is 2.11 bits per heavy atom. The van der Waals surface area contributed by atoms with Crippen molar-refractivity contribution >= 4 is 21.8 Å². The molecular weight excluding hydrogens is 272 g/mol. The van der Waals surface area contributed by atoms with Crippen LogP contribution in [-0.2, 0) is 14.6 Å². The highest BCUT2D eigenvalue weighted by atomic mass is 32.2. The molecule has 1 heterocycles. The molecule has 110 valence electrons. The number of carboxylic acid groups (broad SMARTS) is 1. The van der Waals surface area contributed by atoms with E-state index >= 15 is 0 Å². The third-order valence-electron chi connectivity index (χ3n) is 3.08.